The smallest absolute Gasteiger partial charge is 0.425 e. The van der Waals surface area contributed by atoms with Crippen LogP contribution in [0.15, 0.2) is 48.8 Å². The van der Waals surface area contributed by atoms with Gasteiger partial charge in [0.15, 0.2) is 0 Å². The number of rotatable bonds is 7. The molecule has 5 aliphatic rings. The molecule has 3 atom stereocenters. The Balaban J connectivity index is 1.27. The van der Waals surface area contributed by atoms with E-state index in [2.05, 4.69) is 5.10 Å². The zero-order valence-corrected chi connectivity index (χ0v) is 22.5. The molecular formula is C31H32F3N3O4. The highest BCUT2D eigenvalue weighted by atomic mass is 19.4. The molecule has 8 rings (SSSR count). The van der Waals surface area contributed by atoms with Gasteiger partial charge in [0.1, 0.15) is 12.3 Å². The van der Waals surface area contributed by atoms with Crippen LogP contribution in [0.25, 0.3) is 22.3 Å². The number of hydrogen-bond acceptors (Lipinski definition) is 5. The van der Waals surface area contributed by atoms with Crippen LogP contribution < -0.4 is 10.5 Å². The van der Waals surface area contributed by atoms with Gasteiger partial charge in [0.25, 0.3) is 0 Å². The normalized spacial score (nSPS) is 31.2. The van der Waals surface area contributed by atoms with E-state index in [0.29, 0.717) is 29.4 Å². The third-order valence-electron chi connectivity index (χ3n) is 9.81. The van der Waals surface area contributed by atoms with Crippen LogP contribution in [-0.4, -0.2) is 44.3 Å². The molecule has 7 nitrogen and oxygen atoms in total. The summed E-state index contributed by atoms with van der Waals surface area (Å²) in [5, 5.41) is 26.7. The van der Waals surface area contributed by atoms with Crippen LogP contribution in [0.1, 0.15) is 56.1 Å². The van der Waals surface area contributed by atoms with E-state index < -0.39 is 23.3 Å². The van der Waals surface area contributed by atoms with Crippen LogP contribution in [0.5, 0.6) is 5.75 Å². The third kappa shape index (κ3) is 4.17. The molecule has 0 radical (unpaired) electrons. The molecule has 3 aromatic rings. The summed E-state index contributed by atoms with van der Waals surface area (Å²) in [6.45, 7) is 0.101. The Morgan fingerprint density at radius 1 is 1.07 bits per heavy atom. The second-order valence-electron chi connectivity index (χ2n) is 12.8. The van der Waals surface area contributed by atoms with Crippen LogP contribution in [-0.2, 0) is 16.9 Å². The highest BCUT2D eigenvalue weighted by Gasteiger charge is 2.61. The van der Waals surface area contributed by atoms with E-state index in [0.717, 1.165) is 32.1 Å². The zero-order valence-electron chi connectivity index (χ0n) is 22.5. The molecule has 1 amide bonds. The first-order valence-corrected chi connectivity index (χ1v) is 14.1. The molecule has 4 fully saturated rings. The Morgan fingerprint density at radius 2 is 1.80 bits per heavy atom. The minimum Gasteiger partial charge on any atom is -0.494 e. The number of benzene rings is 2. The number of nitrogens with zero attached hydrogens (tertiary/aromatic N) is 2. The minimum absolute atomic E-state index is 0.0166. The van der Waals surface area contributed by atoms with Crippen molar-refractivity contribution in [3.63, 3.8) is 0 Å². The van der Waals surface area contributed by atoms with Crippen molar-refractivity contribution in [3.05, 3.63) is 59.9 Å². The number of fused-ring (bicyclic) bond motifs is 3. The second-order valence-corrected chi connectivity index (χ2v) is 12.8. The lowest BCUT2D eigenvalue weighted by Gasteiger charge is -2.60. The average Bonchev–Trinajstić information content (AvgIpc) is 3.43. The molecule has 4 saturated carbocycles. The van der Waals surface area contributed by atoms with Gasteiger partial charge in [-0.25, -0.2) is 0 Å². The van der Waals surface area contributed by atoms with Gasteiger partial charge in [-0.1, -0.05) is 24.3 Å². The monoisotopic (exact) mass is 567 g/mol. The predicted octanol–water partition coefficient (Wildman–Crippen LogP) is 4.91. The summed E-state index contributed by atoms with van der Waals surface area (Å²) in [7, 11) is 0. The highest BCUT2D eigenvalue weighted by Crippen LogP contribution is 2.63. The zero-order chi connectivity index (χ0) is 28.8. The molecule has 0 aliphatic heterocycles. The van der Waals surface area contributed by atoms with E-state index in [1.54, 1.807) is 24.4 Å². The molecule has 4 bridgehead atoms. The van der Waals surface area contributed by atoms with E-state index in [9.17, 15) is 28.2 Å². The van der Waals surface area contributed by atoms with Gasteiger partial charge in [-0.05, 0) is 91.0 Å². The molecule has 1 heterocycles. The summed E-state index contributed by atoms with van der Waals surface area (Å²) >= 11 is 0. The van der Waals surface area contributed by atoms with Gasteiger partial charge in [-0.15, -0.1) is 0 Å². The fraction of sp³-hybridized carbons (Fsp3) is 0.484. The molecule has 216 valence electrons. The first kappa shape index (κ1) is 26.5. The summed E-state index contributed by atoms with van der Waals surface area (Å²) < 4.78 is 51.4. The fourth-order valence-corrected chi connectivity index (χ4v) is 8.80. The van der Waals surface area contributed by atoms with Gasteiger partial charge in [-0.2, -0.15) is 18.3 Å². The summed E-state index contributed by atoms with van der Waals surface area (Å²) in [4.78, 5) is 11.4. The van der Waals surface area contributed by atoms with Crippen LogP contribution in [0.3, 0.4) is 0 Å². The Labute approximate surface area is 235 Å². The van der Waals surface area contributed by atoms with E-state index in [-0.39, 0.29) is 46.6 Å². The first-order valence-electron chi connectivity index (χ1n) is 14.1. The maximum absolute atomic E-state index is 14.6. The van der Waals surface area contributed by atoms with Crippen molar-refractivity contribution >= 4 is 5.91 Å². The maximum Gasteiger partial charge on any atom is 0.425 e. The average molecular weight is 568 g/mol. The number of carbonyl (C=O) groups is 1. The van der Waals surface area contributed by atoms with Crippen molar-refractivity contribution in [1.82, 2.24) is 9.78 Å². The van der Waals surface area contributed by atoms with Gasteiger partial charge in [0, 0.05) is 22.9 Å². The van der Waals surface area contributed by atoms with E-state index in [1.165, 1.54) is 35.5 Å². The summed E-state index contributed by atoms with van der Waals surface area (Å²) in [5.74, 6) is 0.642. The molecule has 2 aromatic carbocycles. The lowest BCUT2D eigenvalue weighted by molar-refractivity contribution is -0.246. The number of carbonyl (C=O) groups excluding carboxylic acids is 1. The largest absolute Gasteiger partial charge is 0.494 e. The molecule has 0 spiro atoms. The summed E-state index contributed by atoms with van der Waals surface area (Å²) in [6, 6.07) is 8.94. The van der Waals surface area contributed by atoms with E-state index >= 15 is 0 Å². The van der Waals surface area contributed by atoms with Gasteiger partial charge in [0.2, 0.25) is 11.5 Å². The summed E-state index contributed by atoms with van der Waals surface area (Å²) in [6.07, 6.45) is 4.46. The number of amides is 1. The van der Waals surface area contributed by atoms with Crippen LogP contribution in [0.2, 0.25) is 0 Å². The Morgan fingerprint density at radius 3 is 2.49 bits per heavy atom. The Bertz CT molecular complexity index is 1540. The van der Waals surface area contributed by atoms with Gasteiger partial charge in [0.05, 0.1) is 18.4 Å². The molecule has 41 heavy (non-hydrogen) atoms. The Hall–Kier alpha value is -3.37. The number of aliphatic hydroxyl groups is 2. The van der Waals surface area contributed by atoms with Crippen molar-refractivity contribution in [2.45, 2.75) is 68.9 Å². The number of alkyl halides is 3. The van der Waals surface area contributed by atoms with Crippen molar-refractivity contribution in [2.75, 3.05) is 6.61 Å². The molecule has 3 unspecified atom stereocenters. The molecular weight excluding hydrogens is 535 g/mol. The van der Waals surface area contributed by atoms with Crippen LogP contribution in [0.4, 0.5) is 13.2 Å². The SMILES string of the molecule is NC(=O)Cn1cc(-c2cc(OCCC34CC5CC(CC(O)(C5)C3)C4)cc3c2-c2ccccc2C3(O)C(F)(F)F)cn1. The second kappa shape index (κ2) is 8.82. The topological polar surface area (TPSA) is 111 Å². The number of ether oxygens (including phenoxy) is 1. The third-order valence-corrected chi connectivity index (χ3v) is 9.81. The van der Waals surface area contributed by atoms with Crippen molar-refractivity contribution in [3.8, 4) is 28.0 Å². The molecule has 5 aliphatic carbocycles. The maximum atomic E-state index is 14.6. The molecule has 10 heteroatoms. The number of halogens is 3. The molecule has 0 saturated heterocycles. The minimum atomic E-state index is -4.99. The van der Waals surface area contributed by atoms with Crippen molar-refractivity contribution in [2.24, 2.45) is 23.0 Å². The van der Waals surface area contributed by atoms with Gasteiger partial charge < -0.3 is 20.7 Å². The van der Waals surface area contributed by atoms with Crippen LogP contribution >= 0.6 is 0 Å². The quantitative estimate of drug-likeness (QED) is 0.376. The number of hydrogen-bond donors (Lipinski definition) is 3. The standard InChI is InChI=1S/C31H32F3N3O4/c32-31(33,34)30(40)24-4-2-1-3-22(24)27-23(20-14-36-37(15-20)16-26(35)38)8-21(9-25(27)30)41-6-5-28-10-18-7-19(11-28)13-29(39,12-18)17-28/h1-4,8-9,14-15,18-19,39-40H,5-7,10-13,16-17H2,(H2,35,38). The number of primary amides is 1. The van der Waals surface area contributed by atoms with Gasteiger partial charge >= 0.3 is 6.18 Å². The molecule has 1 aromatic heterocycles. The van der Waals surface area contributed by atoms with Gasteiger partial charge in [-0.3, -0.25) is 9.48 Å². The number of nitrogens with two attached hydrogens (primary N) is 1. The van der Waals surface area contributed by atoms with Crippen molar-refractivity contribution in [1.29, 1.82) is 0 Å². The fourth-order valence-electron chi connectivity index (χ4n) is 8.80. The van der Waals surface area contributed by atoms with Crippen molar-refractivity contribution < 1.29 is 32.9 Å². The van der Waals surface area contributed by atoms with Crippen LogP contribution in [0, 0.1) is 17.3 Å². The Kier molecular flexibility index (Phi) is 5.70. The van der Waals surface area contributed by atoms with E-state index in [1.807, 2.05) is 0 Å². The lowest BCUT2D eigenvalue weighted by atomic mass is 9.47. The highest BCUT2D eigenvalue weighted by molar-refractivity contribution is 5.93. The van der Waals surface area contributed by atoms with E-state index in [4.69, 9.17) is 10.5 Å². The number of aromatic nitrogens is 2. The lowest BCUT2D eigenvalue weighted by Crippen LogP contribution is -2.55. The first-order chi connectivity index (χ1) is 19.4. The predicted molar refractivity (Wildman–Crippen MR) is 144 cm³/mol. The summed E-state index contributed by atoms with van der Waals surface area (Å²) in [5.41, 5.74) is 2.32. The molecule has 4 N–H and O–H groups in total.